The second-order valence-corrected chi connectivity index (χ2v) is 7.15. The molecule has 2 amide bonds. The molecule has 0 saturated heterocycles. The summed E-state index contributed by atoms with van der Waals surface area (Å²) in [5.74, 6) is -0.567. The summed E-state index contributed by atoms with van der Waals surface area (Å²) in [4.78, 5) is 26.4. The van der Waals surface area contributed by atoms with E-state index in [1.54, 1.807) is 41.6 Å². The summed E-state index contributed by atoms with van der Waals surface area (Å²) < 4.78 is 14.8. The minimum Gasteiger partial charge on any atom is -0.322 e. The molecule has 1 aliphatic rings. The molecule has 0 radical (unpaired) electrons. The van der Waals surface area contributed by atoms with Crippen LogP contribution in [0, 0.1) is 19.7 Å². The van der Waals surface area contributed by atoms with Crippen molar-refractivity contribution in [3.05, 3.63) is 70.8 Å². The highest BCUT2D eigenvalue weighted by Crippen LogP contribution is 2.31. The average Bonchev–Trinajstić information content (AvgIpc) is 3.22. The molecule has 0 bridgehead atoms. The number of rotatable bonds is 3. The molecular formula is C22H21FN4O2. The standard InChI is InChI=1S/C22H21FN4O2/c1-13-21(14(2)27(25-13)19-7-4-17(23)5-8-19)22(29)24-18-6-9-20-16(12-18)10-11-26(20)15(3)28/h4-9,12H,10-11H2,1-3H3,(H,24,29). The van der Waals surface area contributed by atoms with Gasteiger partial charge in [0, 0.05) is 24.8 Å². The lowest BCUT2D eigenvalue weighted by atomic mass is 10.1. The Hall–Kier alpha value is -3.48. The SMILES string of the molecule is CC(=O)N1CCc2cc(NC(=O)c3c(C)nn(-c4ccc(F)cc4)c3C)ccc21. The summed E-state index contributed by atoms with van der Waals surface area (Å²) in [6.45, 7) is 5.79. The second kappa shape index (κ2) is 7.16. The van der Waals surface area contributed by atoms with Gasteiger partial charge in [0.2, 0.25) is 5.91 Å². The quantitative estimate of drug-likeness (QED) is 0.737. The molecule has 0 spiro atoms. The molecule has 0 aliphatic carbocycles. The number of nitrogens with one attached hydrogen (secondary N) is 1. The number of hydrogen-bond donors (Lipinski definition) is 1. The zero-order chi connectivity index (χ0) is 20.7. The van der Waals surface area contributed by atoms with Crippen LogP contribution < -0.4 is 10.2 Å². The summed E-state index contributed by atoms with van der Waals surface area (Å²) in [6, 6.07) is 11.5. The van der Waals surface area contributed by atoms with E-state index in [1.807, 2.05) is 19.1 Å². The Labute approximate surface area is 167 Å². The Morgan fingerprint density at radius 3 is 2.52 bits per heavy atom. The first-order chi connectivity index (χ1) is 13.8. The predicted octanol–water partition coefficient (Wildman–Crippen LogP) is 3.79. The van der Waals surface area contributed by atoms with Crippen molar-refractivity contribution in [2.45, 2.75) is 27.2 Å². The highest BCUT2D eigenvalue weighted by atomic mass is 19.1. The molecule has 148 valence electrons. The fraction of sp³-hybridized carbons (Fsp3) is 0.227. The molecule has 6 nitrogen and oxygen atoms in total. The van der Waals surface area contributed by atoms with Gasteiger partial charge in [0.1, 0.15) is 5.82 Å². The molecule has 0 atom stereocenters. The number of nitrogens with zero attached hydrogens (tertiary/aromatic N) is 3. The van der Waals surface area contributed by atoms with Crippen molar-refractivity contribution in [1.29, 1.82) is 0 Å². The molecule has 0 saturated carbocycles. The summed E-state index contributed by atoms with van der Waals surface area (Å²) in [5.41, 5.74) is 5.05. The van der Waals surface area contributed by atoms with Gasteiger partial charge >= 0.3 is 0 Å². The summed E-state index contributed by atoms with van der Waals surface area (Å²) in [7, 11) is 0. The second-order valence-electron chi connectivity index (χ2n) is 7.15. The third-order valence-corrected chi connectivity index (χ3v) is 5.20. The van der Waals surface area contributed by atoms with Crippen LogP contribution in [0.5, 0.6) is 0 Å². The number of fused-ring (bicyclic) bond motifs is 1. The molecule has 2 aromatic carbocycles. The van der Waals surface area contributed by atoms with E-state index in [0.717, 1.165) is 17.7 Å². The van der Waals surface area contributed by atoms with Gasteiger partial charge in [0.25, 0.3) is 5.91 Å². The Bertz CT molecular complexity index is 1120. The van der Waals surface area contributed by atoms with Crippen LogP contribution in [-0.4, -0.2) is 28.1 Å². The molecule has 4 rings (SSSR count). The Kier molecular flexibility index (Phi) is 4.66. The van der Waals surface area contributed by atoms with Crippen molar-refractivity contribution >= 4 is 23.2 Å². The van der Waals surface area contributed by atoms with Crippen LogP contribution in [0.25, 0.3) is 5.69 Å². The third kappa shape index (κ3) is 3.40. The maximum absolute atomic E-state index is 13.2. The van der Waals surface area contributed by atoms with Gasteiger partial charge in [-0.1, -0.05) is 0 Å². The minimum absolute atomic E-state index is 0.0139. The van der Waals surface area contributed by atoms with E-state index in [-0.39, 0.29) is 17.6 Å². The minimum atomic E-state index is -0.326. The molecule has 7 heteroatoms. The summed E-state index contributed by atoms with van der Waals surface area (Å²) in [6.07, 6.45) is 0.763. The van der Waals surface area contributed by atoms with E-state index in [0.29, 0.717) is 34.9 Å². The van der Waals surface area contributed by atoms with Gasteiger partial charge in [-0.05, 0) is 68.3 Å². The van der Waals surface area contributed by atoms with Gasteiger partial charge in [-0.2, -0.15) is 5.10 Å². The normalized spacial score (nSPS) is 12.8. The van der Waals surface area contributed by atoms with Gasteiger partial charge in [0.05, 0.1) is 22.6 Å². The maximum atomic E-state index is 13.2. The van der Waals surface area contributed by atoms with Gasteiger partial charge < -0.3 is 10.2 Å². The molecule has 1 aliphatic heterocycles. The monoisotopic (exact) mass is 392 g/mol. The Balaban J connectivity index is 1.60. The largest absolute Gasteiger partial charge is 0.322 e. The number of carbonyl (C=O) groups is 2. The van der Waals surface area contributed by atoms with E-state index < -0.39 is 0 Å². The van der Waals surface area contributed by atoms with Crippen LogP contribution in [0.15, 0.2) is 42.5 Å². The molecule has 2 heterocycles. The first-order valence-electron chi connectivity index (χ1n) is 9.39. The van der Waals surface area contributed by atoms with Crippen molar-refractivity contribution in [3.63, 3.8) is 0 Å². The highest BCUT2D eigenvalue weighted by Gasteiger charge is 2.24. The van der Waals surface area contributed by atoms with E-state index in [2.05, 4.69) is 10.4 Å². The smallest absolute Gasteiger partial charge is 0.259 e. The molecule has 0 fully saturated rings. The maximum Gasteiger partial charge on any atom is 0.259 e. The lowest BCUT2D eigenvalue weighted by Gasteiger charge is -2.15. The van der Waals surface area contributed by atoms with Crippen LogP contribution in [0.1, 0.15) is 34.2 Å². The fourth-order valence-electron chi connectivity index (χ4n) is 3.81. The van der Waals surface area contributed by atoms with E-state index >= 15 is 0 Å². The van der Waals surface area contributed by atoms with Crippen LogP contribution >= 0.6 is 0 Å². The molecule has 29 heavy (non-hydrogen) atoms. The fourth-order valence-corrected chi connectivity index (χ4v) is 3.81. The molecule has 0 unspecified atom stereocenters. The number of aromatic nitrogens is 2. The van der Waals surface area contributed by atoms with Gasteiger partial charge in [-0.3, -0.25) is 9.59 Å². The zero-order valence-electron chi connectivity index (χ0n) is 16.5. The number of hydrogen-bond acceptors (Lipinski definition) is 3. The van der Waals surface area contributed by atoms with Crippen molar-refractivity contribution < 1.29 is 14.0 Å². The van der Waals surface area contributed by atoms with Gasteiger partial charge in [-0.15, -0.1) is 0 Å². The van der Waals surface area contributed by atoms with Gasteiger partial charge in [0.15, 0.2) is 0 Å². The number of benzene rings is 2. The number of amides is 2. The Morgan fingerprint density at radius 2 is 1.83 bits per heavy atom. The van der Waals surface area contributed by atoms with Crippen molar-refractivity contribution in [1.82, 2.24) is 9.78 Å². The number of halogens is 1. The third-order valence-electron chi connectivity index (χ3n) is 5.20. The zero-order valence-corrected chi connectivity index (χ0v) is 16.5. The van der Waals surface area contributed by atoms with E-state index in [9.17, 15) is 14.0 Å². The number of aryl methyl sites for hydroxylation is 1. The van der Waals surface area contributed by atoms with Gasteiger partial charge in [-0.25, -0.2) is 9.07 Å². The van der Waals surface area contributed by atoms with Crippen molar-refractivity contribution in [2.75, 3.05) is 16.8 Å². The lowest BCUT2D eigenvalue weighted by molar-refractivity contribution is -0.116. The molecule has 1 N–H and O–H groups in total. The Morgan fingerprint density at radius 1 is 1.10 bits per heavy atom. The average molecular weight is 392 g/mol. The summed E-state index contributed by atoms with van der Waals surface area (Å²) >= 11 is 0. The molecule has 3 aromatic rings. The summed E-state index contributed by atoms with van der Waals surface area (Å²) in [5, 5.41) is 7.38. The van der Waals surface area contributed by atoms with Crippen LogP contribution in [-0.2, 0) is 11.2 Å². The highest BCUT2D eigenvalue weighted by molar-refractivity contribution is 6.06. The number of anilines is 2. The predicted molar refractivity (Wildman–Crippen MR) is 109 cm³/mol. The topological polar surface area (TPSA) is 67.2 Å². The first-order valence-corrected chi connectivity index (χ1v) is 9.39. The number of carbonyl (C=O) groups excluding carboxylic acids is 2. The molecule has 1 aromatic heterocycles. The first kappa shape index (κ1) is 18.9. The van der Waals surface area contributed by atoms with Crippen molar-refractivity contribution in [3.8, 4) is 5.69 Å². The van der Waals surface area contributed by atoms with E-state index in [1.165, 1.54) is 12.1 Å². The van der Waals surface area contributed by atoms with Crippen molar-refractivity contribution in [2.24, 2.45) is 0 Å². The van der Waals surface area contributed by atoms with Crippen LogP contribution in [0.2, 0.25) is 0 Å². The lowest BCUT2D eigenvalue weighted by Crippen LogP contribution is -2.25. The molecular weight excluding hydrogens is 371 g/mol. The van der Waals surface area contributed by atoms with Crippen LogP contribution in [0.3, 0.4) is 0 Å². The van der Waals surface area contributed by atoms with E-state index in [4.69, 9.17) is 0 Å². The van der Waals surface area contributed by atoms with Crippen LogP contribution in [0.4, 0.5) is 15.8 Å².